The molecule has 1 saturated carbocycles. The summed E-state index contributed by atoms with van der Waals surface area (Å²) in [5.41, 5.74) is 9.93. The van der Waals surface area contributed by atoms with Gasteiger partial charge in [0.15, 0.2) is 0 Å². The van der Waals surface area contributed by atoms with Crippen molar-refractivity contribution in [2.45, 2.75) is 51.0 Å². The predicted molar refractivity (Wildman–Crippen MR) is 133 cm³/mol. The SMILES string of the molecule is N[C@H]1CC[C@H](Cc2nc(-c3ccc(F)cc3)c3cnc(NCCCc4ccccc4)nn23)CC1. The molecule has 0 aliphatic heterocycles. The second kappa shape index (κ2) is 10.3. The van der Waals surface area contributed by atoms with Gasteiger partial charge in [-0.2, -0.15) is 0 Å². The van der Waals surface area contributed by atoms with Crippen LogP contribution in [-0.2, 0) is 12.8 Å². The van der Waals surface area contributed by atoms with Gasteiger partial charge in [0.25, 0.3) is 0 Å². The van der Waals surface area contributed by atoms with Crippen molar-refractivity contribution >= 4 is 11.5 Å². The zero-order valence-corrected chi connectivity index (χ0v) is 19.3. The predicted octanol–water partition coefficient (Wildman–Crippen LogP) is 5.04. The third kappa shape index (κ3) is 5.25. The van der Waals surface area contributed by atoms with Gasteiger partial charge >= 0.3 is 0 Å². The molecule has 0 amide bonds. The van der Waals surface area contributed by atoms with Gasteiger partial charge in [-0.15, -0.1) is 5.10 Å². The minimum Gasteiger partial charge on any atom is -0.353 e. The van der Waals surface area contributed by atoms with Crippen molar-refractivity contribution in [3.63, 3.8) is 0 Å². The van der Waals surface area contributed by atoms with Crippen molar-refractivity contribution in [2.24, 2.45) is 11.7 Å². The summed E-state index contributed by atoms with van der Waals surface area (Å²) in [5, 5.41) is 8.16. The Morgan fingerprint density at radius 1 is 1.00 bits per heavy atom. The molecule has 0 radical (unpaired) electrons. The molecule has 0 bridgehead atoms. The summed E-state index contributed by atoms with van der Waals surface area (Å²) in [7, 11) is 0. The van der Waals surface area contributed by atoms with Crippen LogP contribution in [0.1, 0.15) is 43.5 Å². The van der Waals surface area contributed by atoms with E-state index in [1.54, 1.807) is 12.1 Å². The van der Waals surface area contributed by atoms with Crippen molar-refractivity contribution in [2.75, 3.05) is 11.9 Å². The first-order chi connectivity index (χ1) is 16.7. The molecule has 7 heteroatoms. The molecule has 0 atom stereocenters. The van der Waals surface area contributed by atoms with Crippen LogP contribution >= 0.6 is 0 Å². The van der Waals surface area contributed by atoms with Crippen LogP contribution < -0.4 is 11.1 Å². The molecule has 5 rings (SSSR count). The summed E-state index contributed by atoms with van der Waals surface area (Å²) in [4.78, 5) is 9.51. The molecule has 0 spiro atoms. The average molecular weight is 459 g/mol. The number of rotatable bonds is 8. The van der Waals surface area contributed by atoms with Gasteiger partial charge in [0, 0.05) is 24.6 Å². The fraction of sp³-hybridized carbons (Fsp3) is 0.370. The van der Waals surface area contributed by atoms with Crippen LogP contribution in [0.5, 0.6) is 0 Å². The average Bonchev–Trinajstić information content (AvgIpc) is 3.22. The van der Waals surface area contributed by atoms with Crippen molar-refractivity contribution in [3.05, 3.63) is 78.0 Å². The standard InChI is InChI=1S/C27H31FN6/c28-22-12-10-21(11-13-22)26-24-18-31-27(30-16-4-7-19-5-2-1-3-6-19)33-34(24)25(32-26)17-20-8-14-23(29)15-9-20/h1-3,5-6,10-13,18,20,23H,4,7-9,14-17,29H2,(H,30,33)/t20-,23-. The number of benzene rings is 2. The molecule has 0 saturated heterocycles. The first-order valence-electron chi connectivity index (χ1n) is 12.2. The van der Waals surface area contributed by atoms with E-state index in [0.29, 0.717) is 17.9 Å². The van der Waals surface area contributed by atoms with E-state index in [2.05, 4.69) is 34.6 Å². The van der Waals surface area contributed by atoms with E-state index in [-0.39, 0.29) is 5.82 Å². The summed E-state index contributed by atoms with van der Waals surface area (Å²) in [5.74, 6) is 1.80. The number of hydrogen-bond acceptors (Lipinski definition) is 5. The lowest BCUT2D eigenvalue weighted by Crippen LogP contribution is -2.27. The number of nitrogens with two attached hydrogens (primary N) is 1. The van der Waals surface area contributed by atoms with Gasteiger partial charge in [-0.1, -0.05) is 30.3 Å². The molecule has 176 valence electrons. The Labute approximate surface area is 199 Å². The summed E-state index contributed by atoms with van der Waals surface area (Å²) >= 11 is 0. The minimum atomic E-state index is -0.260. The molecule has 34 heavy (non-hydrogen) atoms. The summed E-state index contributed by atoms with van der Waals surface area (Å²) in [6.45, 7) is 0.787. The number of fused-ring (bicyclic) bond motifs is 1. The van der Waals surface area contributed by atoms with Crippen LogP contribution in [-0.4, -0.2) is 32.2 Å². The highest BCUT2D eigenvalue weighted by Gasteiger charge is 2.23. The third-order valence-electron chi connectivity index (χ3n) is 6.71. The fourth-order valence-corrected chi connectivity index (χ4v) is 4.76. The number of halogens is 1. The van der Waals surface area contributed by atoms with Crippen molar-refractivity contribution in [3.8, 4) is 11.3 Å². The molecule has 2 aromatic heterocycles. The number of nitrogens with zero attached hydrogens (tertiary/aromatic N) is 4. The molecule has 3 N–H and O–H groups in total. The second-order valence-electron chi connectivity index (χ2n) is 9.26. The third-order valence-corrected chi connectivity index (χ3v) is 6.71. The molecular formula is C27H31FN6. The van der Waals surface area contributed by atoms with Gasteiger partial charge in [-0.3, -0.25) is 0 Å². The smallest absolute Gasteiger partial charge is 0.241 e. The van der Waals surface area contributed by atoms with Crippen LogP contribution in [0.15, 0.2) is 60.8 Å². The molecular weight excluding hydrogens is 427 g/mol. The van der Waals surface area contributed by atoms with Gasteiger partial charge in [0.1, 0.15) is 17.2 Å². The van der Waals surface area contributed by atoms with Gasteiger partial charge in [-0.25, -0.2) is 18.9 Å². The topological polar surface area (TPSA) is 81.1 Å². The van der Waals surface area contributed by atoms with E-state index < -0.39 is 0 Å². The molecule has 4 aromatic rings. The first-order valence-corrected chi connectivity index (χ1v) is 12.2. The maximum atomic E-state index is 13.5. The molecule has 6 nitrogen and oxygen atoms in total. The number of hydrogen-bond donors (Lipinski definition) is 2. The van der Waals surface area contributed by atoms with Gasteiger partial charge in [-0.05, 0) is 74.3 Å². The molecule has 2 heterocycles. The summed E-state index contributed by atoms with van der Waals surface area (Å²) in [6, 6.07) is 17.2. The molecule has 1 aliphatic rings. The Balaban J connectivity index is 1.37. The van der Waals surface area contributed by atoms with E-state index in [1.807, 2.05) is 16.8 Å². The van der Waals surface area contributed by atoms with Crippen molar-refractivity contribution in [1.29, 1.82) is 0 Å². The van der Waals surface area contributed by atoms with E-state index in [1.165, 1.54) is 17.7 Å². The van der Waals surface area contributed by atoms with E-state index in [9.17, 15) is 4.39 Å². The summed E-state index contributed by atoms with van der Waals surface area (Å²) in [6.07, 6.45) is 8.99. The number of aryl methyl sites for hydroxylation is 1. The number of imidazole rings is 1. The Bertz CT molecular complexity index is 1210. The normalized spacial score (nSPS) is 18.3. The van der Waals surface area contributed by atoms with E-state index in [4.69, 9.17) is 15.8 Å². The first kappa shape index (κ1) is 22.5. The minimum absolute atomic E-state index is 0.260. The Kier molecular flexibility index (Phi) is 6.81. The lowest BCUT2D eigenvalue weighted by atomic mass is 9.84. The Hall–Kier alpha value is -3.32. The number of aromatic nitrogens is 4. The number of anilines is 1. The van der Waals surface area contributed by atoms with Gasteiger partial charge < -0.3 is 11.1 Å². The zero-order valence-electron chi connectivity index (χ0n) is 19.3. The highest BCUT2D eigenvalue weighted by molar-refractivity contribution is 5.77. The van der Waals surface area contributed by atoms with Gasteiger partial charge in [0.2, 0.25) is 5.95 Å². The second-order valence-corrected chi connectivity index (χ2v) is 9.26. The van der Waals surface area contributed by atoms with Crippen LogP contribution in [0.2, 0.25) is 0 Å². The maximum Gasteiger partial charge on any atom is 0.241 e. The van der Waals surface area contributed by atoms with Gasteiger partial charge in [0.05, 0.1) is 11.9 Å². The van der Waals surface area contributed by atoms with Crippen LogP contribution in [0.4, 0.5) is 10.3 Å². The highest BCUT2D eigenvalue weighted by atomic mass is 19.1. The number of nitrogens with one attached hydrogen (secondary N) is 1. The molecule has 1 fully saturated rings. The lowest BCUT2D eigenvalue weighted by molar-refractivity contribution is 0.320. The monoisotopic (exact) mass is 458 g/mol. The maximum absolute atomic E-state index is 13.5. The van der Waals surface area contributed by atoms with E-state index in [0.717, 1.165) is 74.1 Å². The molecule has 0 unspecified atom stereocenters. The largest absolute Gasteiger partial charge is 0.353 e. The zero-order chi connectivity index (χ0) is 23.3. The summed E-state index contributed by atoms with van der Waals surface area (Å²) < 4.78 is 15.4. The van der Waals surface area contributed by atoms with Crippen LogP contribution in [0, 0.1) is 11.7 Å². The molecule has 2 aromatic carbocycles. The fourth-order valence-electron chi connectivity index (χ4n) is 4.76. The van der Waals surface area contributed by atoms with Crippen LogP contribution in [0.25, 0.3) is 16.8 Å². The van der Waals surface area contributed by atoms with E-state index >= 15 is 0 Å². The van der Waals surface area contributed by atoms with Crippen molar-refractivity contribution in [1.82, 2.24) is 19.6 Å². The lowest BCUT2D eigenvalue weighted by Gasteiger charge is -2.25. The Morgan fingerprint density at radius 2 is 1.76 bits per heavy atom. The van der Waals surface area contributed by atoms with Crippen molar-refractivity contribution < 1.29 is 4.39 Å². The van der Waals surface area contributed by atoms with Crippen LogP contribution in [0.3, 0.4) is 0 Å². The quantitative estimate of drug-likeness (QED) is 0.362. The highest BCUT2D eigenvalue weighted by Crippen LogP contribution is 2.30. The Morgan fingerprint density at radius 3 is 2.53 bits per heavy atom. The molecule has 1 aliphatic carbocycles.